The van der Waals surface area contributed by atoms with Crippen molar-refractivity contribution >= 4 is 11.7 Å². The van der Waals surface area contributed by atoms with Crippen molar-refractivity contribution in [3.05, 3.63) is 77.1 Å². The van der Waals surface area contributed by atoms with Crippen molar-refractivity contribution in [1.29, 1.82) is 0 Å². The maximum Gasteiger partial charge on any atom is 0.340 e. The third-order valence-corrected chi connectivity index (χ3v) is 6.14. The Kier molecular flexibility index (Phi) is 4.00. The fourth-order valence-electron chi connectivity index (χ4n) is 4.97. The number of aromatic nitrogens is 1. The number of nitrogens with one attached hydrogen (secondary N) is 1. The van der Waals surface area contributed by atoms with Gasteiger partial charge in [0.05, 0.1) is 18.2 Å². The quantitative estimate of drug-likeness (QED) is 0.635. The number of fused-ring (bicyclic) bond motifs is 5. The third-order valence-electron chi connectivity index (χ3n) is 6.14. The number of rotatable bonds is 3. The Bertz CT molecular complexity index is 1050. The van der Waals surface area contributed by atoms with E-state index in [2.05, 4.69) is 46.3 Å². The Labute approximate surface area is 165 Å². The molecule has 0 saturated carbocycles. The standard InChI is InChI=1S/C24H24N2O2/c1-3-28-24(27)20-15(2)26-14-13-18-17-11-7-8-12-19(17)25-22(18)23(26)21(20)16-9-5-4-6-10-16/h4-12,18,22,25H,3,13-14H2,1-2H3/t18-,22+/m0/s1. The molecular formula is C24H24N2O2. The van der Waals surface area contributed by atoms with Gasteiger partial charge in [-0.15, -0.1) is 0 Å². The van der Waals surface area contributed by atoms with Gasteiger partial charge in [-0.1, -0.05) is 48.5 Å². The van der Waals surface area contributed by atoms with Gasteiger partial charge in [0.1, 0.15) is 0 Å². The zero-order chi connectivity index (χ0) is 19.3. The Morgan fingerprint density at radius 3 is 2.68 bits per heavy atom. The second kappa shape index (κ2) is 6.55. The van der Waals surface area contributed by atoms with Gasteiger partial charge in [0.15, 0.2) is 0 Å². The van der Waals surface area contributed by atoms with E-state index in [9.17, 15) is 4.79 Å². The number of para-hydroxylation sites is 1. The molecule has 142 valence electrons. The summed E-state index contributed by atoms with van der Waals surface area (Å²) in [4.78, 5) is 12.9. The van der Waals surface area contributed by atoms with E-state index in [1.54, 1.807) is 0 Å². The lowest BCUT2D eigenvalue weighted by Crippen LogP contribution is -2.24. The lowest BCUT2D eigenvalue weighted by molar-refractivity contribution is 0.0526. The van der Waals surface area contributed by atoms with E-state index in [0.717, 1.165) is 29.8 Å². The van der Waals surface area contributed by atoms with Gasteiger partial charge in [-0.3, -0.25) is 0 Å². The van der Waals surface area contributed by atoms with Crippen molar-refractivity contribution in [2.45, 2.75) is 38.8 Å². The van der Waals surface area contributed by atoms with E-state index in [-0.39, 0.29) is 12.0 Å². The highest BCUT2D eigenvalue weighted by Crippen LogP contribution is 2.52. The maximum absolute atomic E-state index is 12.9. The van der Waals surface area contributed by atoms with Crippen LogP contribution in [-0.2, 0) is 11.3 Å². The number of carbonyl (C=O) groups is 1. The molecule has 2 aromatic carbocycles. The van der Waals surface area contributed by atoms with Crippen molar-refractivity contribution in [3.63, 3.8) is 0 Å². The molecule has 0 unspecified atom stereocenters. The zero-order valence-electron chi connectivity index (χ0n) is 16.2. The minimum absolute atomic E-state index is 0.170. The second-order valence-electron chi connectivity index (χ2n) is 7.56. The monoisotopic (exact) mass is 372 g/mol. The molecule has 0 amide bonds. The lowest BCUT2D eigenvalue weighted by atomic mass is 9.85. The fourth-order valence-corrected chi connectivity index (χ4v) is 4.97. The predicted octanol–water partition coefficient (Wildman–Crippen LogP) is 5.29. The first kappa shape index (κ1) is 17.1. The molecule has 0 radical (unpaired) electrons. The van der Waals surface area contributed by atoms with Crippen LogP contribution in [0.5, 0.6) is 0 Å². The molecule has 0 bridgehead atoms. The van der Waals surface area contributed by atoms with E-state index >= 15 is 0 Å². The fraction of sp³-hybridized carbons (Fsp3) is 0.292. The minimum Gasteiger partial charge on any atom is -0.462 e. The number of esters is 1. The molecule has 2 aliphatic heterocycles. The highest BCUT2D eigenvalue weighted by Gasteiger charge is 2.42. The normalized spacial score (nSPS) is 19.4. The van der Waals surface area contributed by atoms with E-state index in [4.69, 9.17) is 4.74 Å². The topological polar surface area (TPSA) is 43.3 Å². The first-order valence-electron chi connectivity index (χ1n) is 10.0. The zero-order valence-corrected chi connectivity index (χ0v) is 16.2. The molecule has 2 atom stereocenters. The van der Waals surface area contributed by atoms with Crippen molar-refractivity contribution < 1.29 is 9.53 Å². The van der Waals surface area contributed by atoms with Crippen molar-refractivity contribution in [2.24, 2.45) is 0 Å². The summed E-state index contributed by atoms with van der Waals surface area (Å²) in [5, 5.41) is 3.74. The van der Waals surface area contributed by atoms with Crippen LogP contribution in [0.25, 0.3) is 11.1 Å². The average molecular weight is 372 g/mol. The summed E-state index contributed by atoms with van der Waals surface area (Å²) >= 11 is 0. The molecule has 1 N–H and O–H groups in total. The van der Waals surface area contributed by atoms with Crippen LogP contribution in [0.15, 0.2) is 54.6 Å². The minimum atomic E-state index is -0.229. The number of hydrogen-bond acceptors (Lipinski definition) is 3. The summed E-state index contributed by atoms with van der Waals surface area (Å²) in [6.07, 6.45) is 1.06. The second-order valence-corrected chi connectivity index (χ2v) is 7.56. The molecule has 0 spiro atoms. The van der Waals surface area contributed by atoms with Gasteiger partial charge >= 0.3 is 5.97 Å². The molecule has 1 aromatic heterocycles. The predicted molar refractivity (Wildman–Crippen MR) is 111 cm³/mol. The summed E-state index contributed by atoms with van der Waals surface area (Å²) in [6.45, 7) is 5.20. The lowest BCUT2D eigenvalue weighted by Gasteiger charge is -2.30. The van der Waals surface area contributed by atoms with Gasteiger partial charge in [-0.05, 0) is 37.5 Å². The van der Waals surface area contributed by atoms with Gasteiger partial charge in [0.2, 0.25) is 0 Å². The molecule has 3 aromatic rings. The summed E-state index contributed by atoms with van der Waals surface area (Å²) in [7, 11) is 0. The first-order chi connectivity index (χ1) is 13.7. The van der Waals surface area contributed by atoms with E-state index < -0.39 is 0 Å². The van der Waals surface area contributed by atoms with Gasteiger partial charge in [0.25, 0.3) is 0 Å². The third kappa shape index (κ3) is 2.40. The largest absolute Gasteiger partial charge is 0.462 e. The average Bonchev–Trinajstić information content (AvgIpc) is 3.24. The van der Waals surface area contributed by atoms with Crippen LogP contribution in [0.2, 0.25) is 0 Å². The van der Waals surface area contributed by atoms with Crippen LogP contribution in [0.4, 0.5) is 5.69 Å². The molecule has 0 fully saturated rings. The number of anilines is 1. The summed E-state index contributed by atoms with van der Waals surface area (Å²) in [5.41, 5.74) is 7.60. The highest BCUT2D eigenvalue weighted by atomic mass is 16.5. The van der Waals surface area contributed by atoms with Crippen LogP contribution in [0.3, 0.4) is 0 Å². The van der Waals surface area contributed by atoms with E-state index in [1.807, 2.05) is 32.0 Å². The van der Waals surface area contributed by atoms with Crippen molar-refractivity contribution in [3.8, 4) is 11.1 Å². The summed E-state index contributed by atoms with van der Waals surface area (Å²) < 4.78 is 7.78. The Balaban J connectivity index is 1.74. The van der Waals surface area contributed by atoms with Crippen LogP contribution in [0, 0.1) is 6.92 Å². The molecular weight excluding hydrogens is 348 g/mol. The molecule has 3 heterocycles. The maximum atomic E-state index is 12.9. The van der Waals surface area contributed by atoms with Crippen LogP contribution >= 0.6 is 0 Å². The Morgan fingerprint density at radius 1 is 1.14 bits per heavy atom. The summed E-state index contributed by atoms with van der Waals surface area (Å²) in [5.74, 6) is 0.198. The molecule has 28 heavy (non-hydrogen) atoms. The molecule has 0 saturated heterocycles. The smallest absolute Gasteiger partial charge is 0.340 e. The number of nitrogens with zero attached hydrogens (tertiary/aromatic N) is 1. The first-order valence-corrected chi connectivity index (χ1v) is 10.0. The van der Waals surface area contributed by atoms with E-state index in [1.165, 1.54) is 16.9 Å². The Morgan fingerprint density at radius 2 is 1.89 bits per heavy atom. The molecule has 2 aliphatic rings. The highest BCUT2D eigenvalue weighted by molar-refractivity contribution is 6.00. The summed E-state index contributed by atoms with van der Waals surface area (Å²) in [6, 6.07) is 19.0. The molecule has 4 heteroatoms. The number of benzene rings is 2. The van der Waals surface area contributed by atoms with Gasteiger partial charge < -0.3 is 14.6 Å². The number of ether oxygens (including phenoxy) is 1. The van der Waals surface area contributed by atoms with Gasteiger partial charge in [-0.25, -0.2) is 4.79 Å². The van der Waals surface area contributed by atoms with Crippen LogP contribution in [0.1, 0.15) is 52.6 Å². The van der Waals surface area contributed by atoms with E-state index in [0.29, 0.717) is 18.1 Å². The van der Waals surface area contributed by atoms with Crippen molar-refractivity contribution in [1.82, 2.24) is 4.57 Å². The van der Waals surface area contributed by atoms with Crippen LogP contribution < -0.4 is 5.32 Å². The molecule has 0 aliphatic carbocycles. The Hall–Kier alpha value is -3.01. The van der Waals surface area contributed by atoms with Gasteiger partial charge in [-0.2, -0.15) is 0 Å². The molecule has 4 nitrogen and oxygen atoms in total. The molecule has 5 rings (SSSR count). The van der Waals surface area contributed by atoms with Crippen molar-refractivity contribution in [2.75, 3.05) is 11.9 Å². The number of carbonyl (C=O) groups excluding carboxylic acids is 1. The SMILES string of the molecule is CCOC(=O)c1c(-c2ccccc2)c2n(c1C)CC[C@H]1c3ccccc3N[C@@H]21. The van der Waals surface area contributed by atoms with Crippen LogP contribution in [-0.4, -0.2) is 17.1 Å². The number of hydrogen-bond donors (Lipinski definition) is 1. The van der Waals surface area contributed by atoms with Gasteiger partial charge in [0, 0.05) is 35.1 Å².